The van der Waals surface area contributed by atoms with Crippen LogP contribution in [-0.4, -0.2) is 38.9 Å². The zero-order valence-corrected chi connectivity index (χ0v) is 15.3. The number of rotatable bonds is 5. The number of carboxylic acid groups (broad SMARTS) is 1. The van der Waals surface area contributed by atoms with Crippen LogP contribution in [0.15, 0.2) is 33.9 Å². The lowest BCUT2D eigenvalue weighted by atomic mass is 9.97. The Morgan fingerprint density at radius 2 is 2.00 bits per heavy atom. The largest absolute Gasteiger partial charge is 0.548 e. The molecule has 1 aliphatic heterocycles. The lowest BCUT2D eigenvalue weighted by Crippen LogP contribution is -2.53. The van der Waals surface area contributed by atoms with Gasteiger partial charge < -0.3 is 19.8 Å². The highest BCUT2D eigenvalue weighted by molar-refractivity contribution is 5.86. The Morgan fingerprint density at radius 1 is 1.30 bits per heavy atom. The van der Waals surface area contributed by atoms with Crippen LogP contribution in [0.25, 0.3) is 10.9 Å². The van der Waals surface area contributed by atoms with E-state index in [1.807, 2.05) is 6.92 Å². The van der Waals surface area contributed by atoms with Gasteiger partial charge in [0.15, 0.2) is 0 Å². The van der Waals surface area contributed by atoms with Crippen molar-refractivity contribution in [1.29, 1.82) is 0 Å². The molecule has 3 atom stereocenters. The van der Waals surface area contributed by atoms with Gasteiger partial charge in [-0.25, -0.2) is 9.36 Å². The minimum Gasteiger partial charge on any atom is -0.548 e. The molecule has 3 rings (SSSR count). The molecule has 0 radical (unpaired) electrons. The molecule has 0 spiro atoms. The molecule has 0 saturated carbocycles. The smallest absolute Gasteiger partial charge is 0.329 e. The van der Waals surface area contributed by atoms with Crippen molar-refractivity contribution in [1.82, 2.24) is 14.5 Å². The Hall–Kier alpha value is -2.90. The molecule has 27 heavy (non-hydrogen) atoms. The Morgan fingerprint density at radius 3 is 2.67 bits per heavy atom. The molecular formula is C19H22N3O5-. The van der Waals surface area contributed by atoms with E-state index in [0.29, 0.717) is 30.2 Å². The lowest BCUT2D eigenvalue weighted by Gasteiger charge is -2.32. The molecule has 0 aliphatic carbocycles. The zero-order chi connectivity index (χ0) is 19.7. The number of carbonyl (C=O) groups is 2. The predicted molar refractivity (Wildman–Crippen MR) is 97.1 cm³/mol. The molecule has 2 heterocycles. The summed E-state index contributed by atoms with van der Waals surface area (Å²) in [5.74, 6) is -2.18. The number of carbonyl (C=O) groups excluding carboxylic acids is 2. The van der Waals surface area contributed by atoms with E-state index >= 15 is 0 Å². The topological polar surface area (TPSA) is 115 Å². The van der Waals surface area contributed by atoms with Crippen LogP contribution in [0.2, 0.25) is 0 Å². The summed E-state index contributed by atoms with van der Waals surface area (Å²) in [5.41, 5.74) is -0.841. The van der Waals surface area contributed by atoms with Crippen LogP contribution in [0.1, 0.15) is 39.2 Å². The molecule has 1 N–H and O–H groups in total. The van der Waals surface area contributed by atoms with Crippen molar-refractivity contribution in [3.63, 3.8) is 0 Å². The van der Waals surface area contributed by atoms with Crippen LogP contribution >= 0.6 is 0 Å². The van der Waals surface area contributed by atoms with E-state index in [-0.39, 0.29) is 12.5 Å². The van der Waals surface area contributed by atoms with Crippen LogP contribution in [-0.2, 0) is 9.59 Å². The van der Waals surface area contributed by atoms with Crippen LogP contribution in [0.4, 0.5) is 0 Å². The summed E-state index contributed by atoms with van der Waals surface area (Å²) < 4.78 is 0.934. The average Bonchev–Trinajstić information content (AvgIpc) is 3.14. The quantitative estimate of drug-likeness (QED) is 0.794. The Labute approximate surface area is 155 Å². The molecule has 1 aromatic carbocycles. The number of nitrogens with zero attached hydrogens (tertiary/aromatic N) is 2. The predicted octanol–water partition coefficient (Wildman–Crippen LogP) is 0.0179. The number of aromatic amines is 1. The second-order valence-electron chi connectivity index (χ2n) is 6.99. The fourth-order valence-corrected chi connectivity index (χ4v) is 3.71. The van der Waals surface area contributed by atoms with E-state index in [0.717, 1.165) is 4.57 Å². The second kappa shape index (κ2) is 7.38. The van der Waals surface area contributed by atoms with Gasteiger partial charge in [0.2, 0.25) is 5.91 Å². The minimum absolute atomic E-state index is 0.269. The SMILES string of the molecule is CC[C@H](C)[C@@H](C(=O)N1CCC[C@@H]1C(=O)[O-])n1c(=O)[nH]c2ccccc2c1=O. The molecular weight excluding hydrogens is 350 g/mol. The van der Waals surface area contributed by atoms with E-state index in [1.165, 1.54) is 4.90 Å². The first kappa shape index (κ1) is 18.9. The van der Waals surface area contributed by atoms with E-state index in [9.17, 15) is 24.3 Å². The maximum atomic E-state index is 13.2. The van der Waals surface area contributed by atoms with Crippen LogP contribution in [0.5, 0.6) is 0 Å². The first-order valence-electron chi connectivity index (χ1n) is 9.11. The third kappa shape index (κ3) is 3.27. The molecule has 8 heteroatoms. The summed E-state index contributed by atoms with van der Waals surface area (Å²) in [6, 6.07) is 4.49. The van der Waals surface area contributed by atoms with E-state index in [1.54, 1.807) is 31.2 Å². The summed E-state index contributed by atoms with van der Waals surface area (Å²) >= 11 is 0. The van der Waals surface area contributed by atoms with Gasteiger partial charge in [-0.3, -0.25) is 9.59 Å². The van der Waals surface area contributed by atoms with Gasteiger partial charge in [-0.15, -0.1) is 0 Å². The summed E-state index contributed by atoms with van der Waals surface area (Å²) in [5, 5.41) is 11.7. The number of nitrogens with one attached hydrogen (secondary N) is 1. The van der Waals surface area contributed by atoms with Gasteiger partial charge in [0.25, 0.3) is 5.56 Å². The summed E-state index contributed by atoms with van der Waals surface area (Å²) in [4.78, 5) is 54.1. The number of hydrogen-bond acceptors (Lipinski definition) is 5. The summed E-state index contributed by atoms with van der Waals surface area (Å²) in [6.07, 6.45) is 1.39. The molecule has 1 aromatic heterocycles. The minimum atomic E-state index is -1.32. The first-order chi connectivity index (χ1) is 12.9. The average molecular weight is 372 g/mol. The van der Waals surface area contributed by atoms with E-state index in [2.05, 4.69) is 4.98 Å². The molecule has 2 aromatic rings. The van der Waals surface area contributed by atoms with Gasteiger partial charge in [-0.1, -0.05) is 32.4 Å². The van der Waals surface area contributed by atoms with Crippen LogP contribution in [0.3, 0.4) is 0 Å². The number of aromatic nitrogens is 2. The first-order valence-corrected chi connectivity index (χ1v) is 9.11. The monoisotopic (exact) mass is 372 g/mol. The third-order valence-corrected chi connectivity index (χ3v) is 5.36. The van der Waals surface area contributed by atoms with Gasteiger partial charge >= 0.3 is 5.69 Å². The van der Waals surface area contributed by atoms with Crippen molar-refractivity contribution in [2.75, 3.05) is 6.54 Å². The molecule has 1 fully saturated rings. The molecule has 144 valence electrons. The lowest BCUT2D eigenvalue weighted by molar-refractivity contribution is -0.310. The maximum Gasteiger partial charge on any atom is 0.329 e. The third-order valence-electron chi connectivity index (χ3n) is 5.36. The number of aliphatic carboxylic acids is 1. The standard InChI is InChI=1S/C19H23N3O5/c1-3-11(2)15(17(24)21-10-6-9-14(21)18(25)26)22-16(23)12-7-4-5-8-13(12)20-19(22)27/h4-5,7-8,11,14-15H,3,6,9-10H2,1-2H3,(H,20,27)(H,25,26)/p-1/t11-,14+,15-/m0/s1. The number of likely N-dealkylation sites (tertiary alicyclic amines) is 1. The van der Waals surface area contributed by atoms with Crippen molar-refractivity contribution in [3.8, 4) is 0 Å². The van der Waals surface area contributed by atoms with Crippen LogP contribution in [0, 0.1) is 5.92 Å². The highest BCUT2D eigenvalue weighted by atomic mass is 16.4. The summed E-state index contributed by atoms with van der Waals surface area (Å²) in [6.45, 7) is 3.89. The van der Waals surface area contributed by atoms with Gasteiger partial charge in [0, 0.05) is 6.54 Å². The molecule has 0 bridgehead atoms. The zero-order valence-electron chi connectivity index (χ0n) is 15.3. The molecule has 0 unspecified atom stereocenters. The number of fused-ring (bicyclic) bond motifs is 1. The Bertz CT molecular complexity index is 993. The number of benzene rings is 1. The van der Waals surface area contributed by atoms with Gasteiger partial charge in [0.05, 0.1) is 22.9 Å². The number of para-hydroxylation sites is 1. The maximum absolute atomic E-state index is 13.2. The molecule has 8 nitrogen and oxygen atoms in total. The molecule has 1 amide bonds. The Kier molecular flexibility index (Phi) is 5.16. The Balaban J connectivity index is 2.16. The fraction of sp³-hybridized carbons (Fsp3) is 0.474. The molecule has 1 saturated heterocycles. The van der Waals surface area contributed by atoms with Gasteiger partial charge in [0.1, 0.15) is 6.04 Å². The van der Waals surface area contributed by atoms with Crippen LogP contribution < -0.4 is 16.4 Å². The van der Waals surface area contributed by atoms with Crippen molar-refractivity contribution >= 4 is 22.8 Å². The highest BCUT2D eigenvalue weighted by Gasteiger charge is 2.38. The fourth-order valence-electron chi connectivity index (χ4n) is 3.71. The second-order valence-corrected chi connectivity index (χ2v) is 6.99. The number of H-pyrrole nitrogens is 1. The number of hydrogen-bond donors (Lipinski definition) is 1. The molecule has 1 aliphatic rings. The highest BCUT2D eigenvalue weighted by Crippen LogP contribution is 2.26. The number of carboxylic acids is 1. The van der Waals surface area contributed by atoms with E-state index < -0.39 is 35.2 Å². The van der Waals surface area contributed by atoms with Crippen molar-refractivity contribution in [2.45, 2.75) is 45.2 Å². The normalized spacial score (nSPS) is 19.2. The van der Waals surface area contributed by atoms with Crippen molar-refractivity contribution in [3.05, 3.63) is 45.1 Å². The van der Waals surface area contributed by atoms with E-state index in [4.69, 9.17) is 0 Å². The van der Waals surface area contributed by atoms with Gasteiger partial charge in [-0.2, -0.15) is 0 Å². The number of amides is 1. The van der Waals surface area contributed by atoms with Gasteiger partial charge in [-0.05, 0) is 30.9 Å². The van der Waals surface area contributed by atoms with Crippen molar-refractivity contribution < 1.29 is 14.7 Å². The van der Waals surface area contributed by atoms with Crippen molar-refractivity contribution in [2.24, 2.45) is 5.92 Å². The summed E-state index contributed by atoms with van der Waals surface area (Å²) in [7, 11) is 0.